The molecule has 0 amide bonds. The number of benzene rings is 1. The van der Waals surface area contributed by atoms with Crippen molar-refractivity contribution in [3.63, 3.8) is 0 Å². The third-order valence-electron chi connectivity index (χ3n) is 4.29. The highest BCUT2D eigenvalue weighted by atomic mass is 16.5. The quantitative estimate of drug-likeness (QED) is 0.793. The van der Waals surface area contributed by atoms with Crippen LogP contribution in [0.2, 0.25) is 0 Å². The van der Waals surface area contributed by atoms with Gasteiger partial charge in [-0.3, -0.25) is 0 Å². The molecule has 1 aliphatic carbocycles. The van der Waals surface area contributed by atoms with Gasteiger partial charge in [0, 0.05) is 6.07 Å². The molecular weight excluding hydrogens is 236 g/mol. The van der Waals surface area contributed by atoms with Crippen LogP contribution in [-0.4, -0.2) is 13.2 Å². The monoisotopic (exact) mass is 262 g/mol. The lowest BCUT2D eigenvalue weighted by Crippen LogP contribution is -2.36. The van der Waals surface area contributed by atoms with E-state index in [4.69, 9.17) is 9.47 Å². The molecule has 0 unspecified atom stereocenters. The van der Waals surface area contributed by atoms with Crippen molar-refractivity contribution in [1.82, 2.24) is 0 Å². The molecule has 0 bridgehead atoms. The van der Waals surface area contributed by atoms with Crippen molar-refractivity contribution in [3.8, 4) is 11.5 Å². The lowest BCUT2D eigenvalue weighted by molar-refractivity contribution is 0.0459. The second-order valence-corrected chi connectivity index (χ2v) is 6.16. The number of ether oxygens (including phenoxy) is 2. The van der Waals surface area contributed by atoms with E-state index in [2.05, 4.69) is 20.8 Å². The van der Waals surface area contributed by atoms with Gasteiger partial charge in [-0.15, -0.1) is 0 Å². The van der Waals surface area contributed by atoms with Crippen molar-refractivity contribution in [2.75, 3.05) is 7.11 Å². The minimum atomic E-state index is 0.343. The molecule has 3 atom stereocenters. The number of methoxy groups -OCH3 is 1. The van der Waals surface area contributed by atoms with Crippen LogP contribution in [0.1, 0.15) is 40.0 Å². The van der Waals surface area contributed by atoms with Gasteiger partial charge in [-0.1, -0.05) is 33.3 Å². The van der Waals surface area contributed by atoms with E-state index >= 15 is 0 Å². The molecule has 0 spiro atoms. The topological polar surface area (TPSA) is 18.5 Å². The van der Waals surface area contributed by atoms with Crippen LogP contribution in [0.5, 0.6) is 11.5 Å². The maximum Gasteiger partial charge on any atom is 0.123 e. The Morgan fingerprint density at radius 3 is 2.58 bits per heavy atom. The maximum atomic E-state index is 6.26. The van der Waals surface area contributed by atoms with Gasteiger partial charge in [-0.25, -0.2) is 0 Å². The molecule has 1 saturated carbocycles. The zero-order valence-corrected chi connectivity index (χ0v) is 12.6. The predicted octanol–water partition coefficient (Wildman–Crippen LogP) is 4.53. The van der Waals surface area contributed by atoms with Crippen LogP contribution in [0.15, 0.2) is 24.3 Å². The highest BCUT2D eigenvalue weighted by molar-refractivity contribution is 5.33. The Bertz CT molecular complexity index is 400. The molecule has 1 aromatic rings. The smallest absolute Gasteiger partial charge is 0.123 e. The van der Waals surface area contributed by atoms with Gasteiger partial charge in [0.25, 0.3) is 0 Å². The standard InChI is InChI=1S/C17H26O2/c1-12(2)16-9-8-13(3)10-17(16)19-15-7-5-6-14(11-15)18-4/h5-7,11-13,16-17H,8-10H2,1-4H3/t13-,16+,17-/m1/s1. The van der Waals surface area contributed by atoms with Crippen molar-refractivity contribution < 1.29 is 9.47 Å². The summed E-state index contributed by atoms with van der Waals surface area (Å²) in [6.45, 7) is 6.95. The van der Waals surface area contributed by atoms with Crippen LogP contribution < -0.4 is 9.47 Å². The first-order valence-electron chi connectivity index (χ1n) is 7.41. The summed E-state index contributed by atoms with van der Waals surface area (Å²) in [6.07, 6.45) is 4.13. The van der Waals surface area contributed by atoms with Crippen molar-refractivity contribution in [1.29, 1.82) is 0 Å². The van der Waals surface area contributed by atoms with Gasteiger partial charge in [0.15, 0.2) is 0 Å². The summed E-state index contributed by atoms with van der Waals surface area (Å²) in [5, 5.41) is 0. The van der Waals surface area contributed by atoms with Gasteiger partial charge in [0.05, 0.1) is 7.11 Å². The fourth-order valence-electron chi connectivity index (χ4n) is 3.10. The number of hydrogen-bond donors (Lipinski definition) is 0. The molecule has 0 aromatic heterocycles. The van der Waals surface area contributed by atoms with Gasteiger partial charge < -0.3 is 9.47 Å². The Labute approximate surface area is 117 Å². The van der Waals surface area contributed by atoms with E-state index in [0.29, 0.717) is 17.9 Å². The van der Waals surface area contributed by atoms with Crippen molar-refractivity contribution in [3.05, 3.63) is 24.3 Å². The first kappa shape index (κ1) is 14.2. The molecule has 2 rings (SSSR count). The zero-order chi connectivity index (χ0) is 13.8. The Morgan fingerprint density at radius 1 is 1.16 bits per heavy atom. The van der Waals surface area contributed by atoms with E-state index in [1.165, 1.54) is 19.3 Å². The Hall–Kier alpha value is -1.18. The molecule has 0 radical (unpaired) electrons. The molecule has 1 aromatic carbocycles. The summed E-state index contributed by atoms with van der Waals surface area (Å²) in [5.74, 6) is 3.92. The van der Waals surface area contributed by atoms with Crippen LogP contribution in [0.25, 0.3) is 0 Å². The average molecular weight is 262 g/mol. The summed E-state index contributed by atoms with van der Waals surface area (Å²) >= 11 is 0. The van der Waals surface area contributed by atoms with E-state index in [9.17, 15) is 0 Å². The van der Waals surface area contributed by atoms with E-state index in [0.717, 1.165) is 17.4 Å². The maximum absolute atomic E-state index is 6.26. The predicted molar refractivity (Wildman–Crippen MR) is 78.8 cm³/mol. The molecule has 0 aliphatic heterocycles. The zero-order valence-electron chi connectivity index (χ0n) is 12.6. The lowest BCUT2D eigenvalue weighted by atomic mass is 9.75. The second-order valence-electron chi connectivity index (χ2n) is 6.16. The minimum Gasteiger partial charge on any atom is -0.497 e. The van der Waals surface area contributed by atoms with Gasteiger partial charge >= 0.3 is 0 Å². The van der Waals surface area contributed by atoms with E-state index < -0.39 is 0 Å². The third-order valence-corrected chi connectivity index (χ3v) is 4.29. The van der Waals surface area contributed by atoms with Gasteiger partial charge in [0.1, 0.15) is 17.6 Å². The van der Waals surface area contributed by atoms with Crippen LogP contribution in [0, 0.1) is 17.8 Å². The molecule has 2 heteroatoms. The first-order valence-corrected chi connectivity index (χ1v) is 7.41. The van der Waals surface area contributed by atoms with Crippen molar-refractivity contribution in [2.45, 2.75) is 46.1 Å². The van der Waals surface area contributed by atoms with E-state index in [1.54, 1.807) is 7.11 Å². The van der Waals surface area contributed by atoms with E-state index in [-0.39, 0.29) is 0 Å². The Balaban J connectivity index is 2.09. The fraction of sp³-hybridized carbons (Fsp3) is 0.647. The summed E-state index contributed by atoms with van der Waals surface area (Å²) < 4.78 is 11.5. The molecule has 106 valence electrons. The van der Waals surface area contributed by atoms with Gasteiger partial charge in [-0.05, 0) is 42.7 Å². The largest absolute Gasteiger partial charge is 0.497 e. The molecule has 1 fully saturated rings. The Morgan fingerprint density at radius 2 is 1.89 bits per heavy atom. The van der Waals surface area contributed by atoms with Crippen LogP contribution in [-0.2, 0) is 0 Å². The molecule has 0 heterocycles. The SMILES string of the molecule is COc1cccc(O[C@@H]2C[C@H](C)CC[C@H]2C(C)C)c1. The normalized spacial score (nSPS) is 27.3. The minimum absolute atomic E-state index is 0.343. The second kappa shape index (κ2) is 6.31. The summed E-state index contributed by atoms with van der Waals surface area (Å²) in [7, 11) is 1.69. The first-order chi connectivity index (χ1) is 9.10. The number of hydrogen-bond acceptors (Lipinski definition) is 2. The van der Waals surface area contributed by atoms with Gasteiger partial charge in [-0.2, -0.15) is 0 Å². The molecule has 0 saturated heterocycles. The summed E-state index contributed by atoms with van der Waals surface area (Å²) in [4.78, 5) is 0. The molecule has 0 N–H and O–H groups in total. The fourth-order valence-corrected chi connectivity index (χ4v) is 3.10. The van der Waals surface area contributed by atoms with Crippen molar-refractivity contribution >= 4 is 0 Å². The summed E-state index contributed by atoms with van der Waals surface area (Å²) in [5.41, 5.74) is 0. The molecule has 1 aliphatic rings. The average Bonchev–Trinajstić information content (AvgIpc) is 2.38. The molecule has 2 nitrogen and oxygen atoms in total. The van der Waals surface area contributed by atoms with E-state index in [1.807, 2.05) is 24.3 Å². The van der Waals surface area contributed by atoms with Crippen LogP contribution >= 0.6 is 0 Å². The Kier molecular flexibility index (Phi) is 4.73. The lowest BCUT2D eigenvalue weighted by Gasteiger charge is -2.37. The summed E-state index contributed by atoms with van der Waals surface area (Å²) in [6, 6.07) is 7.96. The van der Waals surface area contributed by atoms with Crippen LogP contribution in [0.4, 0.5) is 0 Å². The molecular formula is C17H26O2. The third kappa shape index (κ3) is 3.65. The number of rotatable bonds is 4. The highest BCUT2D eigenvalue weighted by Crippen LogP contribution is 2.36. The molecule has 19 heavy (non-hydrogen) atoms. The van der Waals surface area contributed by atoms with Gasteiger partial charge in [0.2, 0.25) is 0 Å². The highest BCUT2D eigenvalue weighted by Gasteiger charge is 2.32. The van der Waals surface area contributed by atoms with Crippen LogP contribution in [0.3, 0.4) is 0 Å². The van der Waals surface area contributed by atoms with Crippen molar-refractivity contribution in [2.24, 2.45) is 17.8 Å².